The van der Waals surface area contributed by atoms with Crippen molar-refractivity contribution in [3.05, 3.63) is 176 Å². The van der Waals surface area contributed by atoms with Gasteiger partial charge in [0.05, 0.1) is 28.6 Å². The van der Waals surface area contributed by atoms with Crippen LogP contribution in [-0.4, -0.2) is 24.5 Å². The molecule has 12 rings (SSSR count). The molecule has 0 atom stereocenters. The molecule has 0 aliphatic rings. The van der Waals surface area contributed by atoms with Gasteiger partial charge in [-0.2, -0.15) is 0 Å². The molecule has 56 heavy (non-hydrogen) atoms. The van der Waals surface area contributed by atoms with Crippen LogP contribution < -0.4 is 0 Å². The van der Waals surface area contributed by atoms with E-state index in [-0.39, 0.29) is 0 Å². The normalized spacial score (nSPS) is 11.9. The molecule has 5 nitrogen and oxygen atoms in total. The number of rotatable bonds is 4. The van der Waals surface area contributed by atoms with Gasteiger partial charge < -0.3 is 4.57 Å². The first-order valence-electron chi connectivity index (χ1n) is 18.7. The van der Waals surface area contributed by atoms with Crippen LogP contribution in [0.2, 0.25) is 0 Å². The fourth-order valence-electron chi connectivity index (χ4n) is 8.77. The Morgan fingerprint density at radius 2 is 1.00 bits per heavy atom. The lowest BCUT2D eigenvalue weighted by atomic mass is 9.94. The van der Waals surface area contributed by atoms with E-state index < -0.39 is 0 Å². The molecule has 260 valence electrons. The van der Waals surface area contributed by atoms with E-state index in [1.165, 1.54) is 63.3 Å². The first kappa shape index (κ1) is 31.1. The Balaban J connectivity index is 1.36. The van der Waals surface area contributed by atoms with E-state index in [0.29, 0.717) is 11.6 Å². The number of hydrogen-bond acceptors (Lipinski definition) is 5. The van der Waals surface area contributed by atoms with Gasteiger partial charge in [0.1, 0.15) is 0 Å². The standard InChI is InChI=1S/C50H29N5S/c1-3-14-30(15-4-1)45-40(29-53-50(54-45)31-16-5-2-6-17-31)55-46-36-21-10-8-19-34(36)33-18-7-9-20-35(33)42(46)44-43-39-28-32(49-51-26-13-27-52-49)24-25-41(39)56-48(43)38-23-12-11-22-37(38)47(44)55/h1-29H. The van der Waals surface area contributed by atoms with E-state index >= 15 is 0 Å². The summed E-state index contributed by atoms with van der Waals surface area (Å²) in [5.74, 6) is 1.41. The maximum absolute atomic E-state index is 5.41. The van der Waals surface area contributed by atoms with Gasteiger partial charge in [-0.1, -0.05) is 133 Å². The van der Waals surface area contributed by atoms with Crippen LogP contribution in [0, 0.1) is 0 Å². The Morgan fingerprint density at radius 3 is 1.73 bits per heavy atom. The van der Waals surface area contributed by atoms with Crippen LogP contribution in [0.1, 0.15) is 0 Å². The van der Waals surface area contributed by atoms with Gasteiger partial charge in [0.25, 0.3) is 0 Å². The first-order chi connectivity index (χ1) is 27.8. The van der Waals surface area contributed by atoms with E-state index in [0.717, 1.165) is 39.1 Å². The fourth-order valence-corrected chi connectivity index (χ4v) is 10.0. The summed E-state index contributed by atoms with van der Waals surface area (Å²) in [5.41, 5.74) is 7.08. The highest BCUT2D eigenvalue weighted by atomic mass is 32.1. The number of thiophene rings is 1. The van der Waals surface area contributed by atoms with Crippen LogP contribution in [0.4, 0.5) is 0 Å². The maximum Gasteiger partial charge on any atom is 0.159 e. The molecule has 0 aliphatic heterocycles. The highest BCUT2D eigenvalue weighted by Gasteiger charge is 2.27. The summed E-state index contributed by atoms with van der Waals surface area (Å²) < 4.78 is 4.97. The van der Waals surface area contributed by atoms with Gasteiger partial charge in [-0.25, -0.2) is 19.9 Å². The first-order valence-corrected chi connectivity index (χ1v) is 19.5. The molecule has 0 spiro atoms. The number of aromatic nitrogens is 5. The van der Waals surface area contributed by atoms with Gasteiger partial charge in [-0.15, -0.1) is 11.3 Å². The van der Waals surface area contributed by atoms with E-state index in [9.17, 15) is 0 Å². The zero-order valence-corrected chi connectivity index (χ0v) is 30.7. The van der Waals surface area contributed by atoms with Crippen LogP contribution in [0.25, 0.3) is 114 Å². The van der Waals surface area contributed by atoms with Crippen LogP contribution in [0.5, 0.6) is 0 Å². The Labute approximate surface area is 324 Å². The summed E-state index contributed by atoms with van der Waals surface area (Å²) in [4.78, 5) is 19.8. The van der Waals surface area contributed by atoms with E-state index in [1.54, 1.807) is 0 Å². The fraction of sp³-hybridized carbons (Fsp3) is 0. The highest BCUT2D eigenvalue weighted by molar-refractivity contribution is 7.27. The Kier molecular flexibility index (Phi) is 6.73. The lowest BCUT2D eigenvalue weighted by Gasteiger charge is -2.16. The number of hydrogen-bond donors (Lipinski definition) is 0. The maximum atomic E-state index is 5.41. The summed E-state index contributed by atoms with van der Waals surface area (Å²) in [6.07, 6.45) is 5.66. The average molecular weight is 732 g/mol. The molecule has 6 heteroatoms. The van der Waals surface area contributed by atoms with Crippen LogP contribution in [-0.2, 0) is 0 Å². The quantitative estimate of drug-likeness (QED) is 0.169. The van der Waals surface area contributed by atoms with Crippen molar-refractivity contribution in [1.29, 1.82) is 0 Å². The van der Waals surface area contributed by atoms with Crippen molar-refractivity contribution in [2.45, 2.75) is 0 Å². The molecular weight excluding hydrogens is 703 g/mol. The van der Waals surface area contributed by atoms with Crippen molar-refractivity contribution in [3.63, 3.8) is 0 Å². The van der Waals surface area contributed by atoms with E-state index in [1.807, 2.05) is 54.2 Å². The minimum Gasteiger partial charge on any atom is -0.304 e. The summed E-state index contributed by atoms with van der Waals surface area (Å²) in [5, 5.41) is 12.1. The van der Waals surface area contributed by atoms with Gasteiger partial charge in [0.2, 0.25) is 0 Å². The summed E-state index contributed by atoms with van der Waals surface area (Å²) >= 11 is 1.86. The summed E-state index contributed by atoms with van der Waals surface area (Å²) in [7, 11) is 0. The molecule has 0 amide bonds. The molecule has 0 saturated heterocycles. The van der Waals surface area contributed by atoms with Gasteiger partial charge in [-0.3, -0.25) is 0 Å². The smallest absolute Gasteiger partial charge is 0.159 e. The third-order valence-corrected chi connectivity index (χ3v) is 12.3. The van der Waals surface area contributed by atoms with Crippen LogP contribution >= 0.6 is 11.3 Å². The Morgan fingerprint density at radius 1 is 0.411 bits per heavy atom. The van der Waals surface area contributed by atoms with E-state index in [4.69, 9.17) is 9.97 Å². The van der Waals surface area contributed by atoms with Gasteiger partial charge in [-0.05, 0) is 40.4 Å². The second-order valence-corrected chi connectivity index (χ2v) is 15.2. The molecule has 0 fully saturated rings. The number of nitrogens with zero attached hydrogens (tertiary/aromatic N) is 5. The predicted molar refractivity (Wildman–Crippen MR) is 234 cm³/mol. The molecule has 12 aromatic rings. The van der Waals surface area contributed by atoms with Crippen molar-refractivity contribution in [2.75, 3.05) is 0 Å². The number of fused-ring (bicyclic) bond motifs is 15. The predicted octanol–water partition coefficient (Wildman–Crippen LogP) is 13.2. The van der Waals surface area contributed by atoms with Crippen molar-refractivity contribution in [1.82, 2.24) is 24.5 Å². The molecule has 0 bridgehead atoms. The van der Waals surface area contributed by atoms with Crippen LogP contribution in [0.15, 0.2) is 176 Å². The van der Waals surface area contributed by atoms with Gasteiger partial charge in [0.15, 0.2) is 11.6 Å². The van der Waals surface area contributed by atoms with Gasteiger partial charge >= 0.3 is 0 Å². The topological polar surface area (TPSA) is 56.5 Å². The molecule has 4 aromatic heterocycles. The minimum atomic E-state index is 0.691. The zero-order valence-electron chi connectivity index (χ0n) is 29.9. The molecule has 0 saturated carbocycles. The Hall–Kier alpha value is -7.28. The third kappa shape index (κ3) is 4.48. The lowest BCUT2D eigenvalue weighted by molar-refractivity contribution is 1.09. The molecule has 0 radical (unpaired) electrons. The van der Waals surface area contributed by atoms with Crippen LogP contribution in [0.3, 0.4) is 0 Å². The van der Waals surface area contributed by atoms with Crippen molar-refractivity contribution < 1.29 is 0 Å². The second kappa shape index (κ2) is 12.1. The summed E-state index contributed by atoms with van der Waals surface area (Å²) in [6.45, 7) is 0. The monoisotopic (exact) mass is 731 g/mol. The molecule has 0 aliphatic carbocycles. The number of benzene rings is 8. The van der Waals surface area contributed by atoms with Crippen molar-refractivity contribution in [3.8, 4) is 39.7 Å². The molecular formula is C50H29N5S. The van der Waals surface area contributed by atoms with Crippen molar-refractivity contribution in [2.24, 2.45) is 0 Å². The summed E-state index contributed by atoms with van der Waals surface area (Å²) in [6, 6.07) is 55.9. The average Bonchev–Trinajstić information content (AvgIpc) is 3.84. The highest BCUT2D eigenvalue weighted by Crippen LogP contribution is 2.52. The molecule has 8 aromatic carbocycles. The molecule has 0 unspecified atom stereocenters. The zero-order chi connectivity index (χ0) is 36.7. The molecule has 4 heterocycles. The SMILES string of the molecule is c1ccc(-c2ncc(-n3c4c5ccccc5c5ccccc5c4c4c5c6cc(-c7ncccn7)ccc6sc5c5ccccc5c43)c(-c3ccccc3)n2)cc1. The van der Waals surface area contributed by atoms with E-state index in [2.05, 4.69) is 148 Å². The Bertz CT molecular complexity index is 3520. The van der Waals surface area contributed by atoms with Gasteiger partial charge in [0, 0.05) is 76.2 Å². The second-order valence-electron chi connectivity index (χ2n) is 14.2. The molecule has 0 N–H and O–H groups in total. The largest absolute Gasteiger partial charge is 0.304 e. The lowest BCUT2D eigenvalue weighted by Crippen LogP contribution is -2.03. The van der Waals surface area contributed by atoms with Crippen molar-refractivity contribution >= 4 is 85.6 Å². The minimum absolute atomic E-state index is 0.691. The third-order valence-electron chi connectivity index (χ3n) is 11.1.